The van der Waals surface area contributed by atoms with Gasteiger partial charge < -0.3 is 9.05 Å². The fourth-order valence-electron chi connectivity index (χ4n) is 5.53. The van der Waals surface area contributed by atoms with E-state index in [1.165, 1.54) is 14.2 Å². The van der Waals surface area contributed by atoms with Crippen molar-refractivity contribution in [3.8, 4) is 11.5 Å². The smallest absolute Gasteiger partial charge is 0.404 e. The van der Waals surface area contributed by atoms with E-state index in [-0.39, 0.29) is 34.9 Å². The van der Waals surface area contributed by atoms with Gasteiger partial charge in [-0.05, 0) is 69.9 Å². The van der Waals surface area contributed by atoms with Crippen LogP contribution in [0.15, 0.2) is 48.5 Å². The zero-order valence-electron chi connectivity index (χ0n) is 28.0. The van der Waals surface area contributed by atoms with Crippen molar-refractivity contribution in [3.05, 3.63) is 59.7 Å². The zero-order valence-corrected chi connectivity index (χ0v) is 29.8. The van der Waals surface area contributed by atoms with Gasteiger partial charge in [-0.3, -0.25) is 13.6 Å². The predicted molar refractivity (Wildman–Crippen MR) is 171 cm³/mol. The minimum Gasteiger partial charge on any atom is -0.404 e. The molecule has 0 fully saturated rings. The molecule has 0 radical (unpaired) electrons. The number of hydrogen-bond acceptors (Lipinski definition) is 9. The second-order valence-electron chi connectivity index (χ2n) is 14.5. The monoisotopic (exact) mass is 642 g/mol. The van der Waals surface area contributed by atoms with Gasteiger partial charge >= 0.3 is 15.6 Å². The lowest BCUT2D eigenvalue weighted by Gasteiger charge is -2.33. The molecule has 0 N–H and O–H groups in total. The summed E-state index contributed by atoms with van der Waals surface area (Å²) in [5.41, 5.74) is 2.49. The maximum absolute atomic E-state index is 13.0. The van der Waals surface area contributed by atoms with E-state index in [1.807, 2.05) is 24.3 Å². The van der Waals surface area contributed by atoms with Gasteiger partial charge in [0, 0.05) is 14.2 Å². The molecule has 2 aromatic rings. The molecule has 0 spiro atoms. The SMILES string of the molecule is COP(=O)(OCCOOP(=O)(OC)Oc1ccc(C(C)(C)CC(C)(C)C)cc1)Oc1ccc(C(C)(C)CC(C)(C)C)cc1. The molecule has 2 atom stereocenters. The number of benzene rings is 2. The summed E-state index contributed by atoms with van der Waals surface area (Å²) in [5.74, 6) is 0.633. The van der Waals surface area contributed by atoms with Gasteiger partial charge in [0.05, 0.1) is 6.61 Å². The van der Waals surface area contributed by atoms with Crippen LogP contribution < -0.4 is 9.05 Å². The van der Waals surface area contributed by atoms with E-state index >= 15 is 0 Å². The summed E-state index contributed by atoms with van der Waals surface area (Å²) in [6.07, 6.45) is 1.98. The highest BCUT2D eigenvalue weighted by molar-refractivity contribution is 7.49. The number of phosphoric acid groups is 2. The first kappa shape index (κ1) is 37.5. The molecule has 2 unspecified atom stereocenters. The molecular formula is C32H52O9P2. The van der Waals surface area contributed by atoms with Crippen molar-refractivity contribution >= 4 is 15.6 Å². The first-order valence-corrected chi connectivity index (χ1v) is 17.4. The Bertz CT molecular complexity index is 1140. The number of phosphoric ester groups is 2. The summed E-state index contributed by atoms with van der Waals surface area (Å²) in [6, 6.07) is 14.6. The summed E-state index contributed by atoms with van der Waals surface area (Å²) in [4.78, 5) is 5.01. The van der Waals surface area contributed by atoms with Crippen LogP contribution in [-0.4, -0.2) is 27.4 Å². The van der Waals surface area contributed by atoms with E-state index in [4.69, 9.17) is 32.2 Å². The van der Waals surface area contributed by atoms with Gasteiger partial charge in [0.1, 0.15) is 18.1 Å². The lowest BCUT2D eigenvalue weighted by Crippen LogP contribution is -2.24. The van der Waals surface area contributed by atoms with Crippen molar-refractivity contribution in [2.24, 2.45) is 10.8 Å². The first-order chi connectivity index (χ1) is 19.6. The van der Waals surface area contributed by atoms with Gasteiger partial charge in [-0.15, -0.1) is 4.67 Å². The van der Waals surface area contributed by atoms with Crippen LogP contribution in [0.1, 0.15) is 93.2 Å². The van der Waals surface area contributed by atoms with Crippen LogP contribution in [-0.2, 0) is 43.1 Å². The molecule has 0 aliphatic rings. The summed E-state index contributed by atoms with van der Waals surface area (Å²) >= 11 is 0. The Morgan fingerprint density at radius 1 is 0.558 bits per heavy atom. The Hall–Kier alpha value is -1.70. The Balaban J connectivity index is 1.89. The van der Waals surface area contributed by atoms with Crippen LogP contribution in [0.3, 0.4) is 0 Å². The maximum Gasteiger partial charge on any atom is 0.557 e. The summed E-state index contributed by atoms with van der Waals surface area (Å²) in [5, 5.41) is 0. The fraction of sp³-hybridized carbons (Fsp3) is 0.625. The third-order valence-corrected chi connectivity index (χ3v) is 9.21. The third-order valence-electron chi connectivity index (χ3n) is 6.66. The molecule has 9 nitrogen and oxygen atoms in total. The lowest BCUT2D eigenvalue weighted by molar-refractivity contribution is -0.226. The second-order valence-corrected chi connectivity index (χ2v) is 17.8. The Labute approximate surface area is 259 Å². The largest absolute Gasteiger partial charge is 0.557 e. The molecule has 0 saturated heterocycles. The van der Waals surface area contributed by atoms with Gasteiger partial charge in [-0.2, -0.15) is 0 Å². The van der Waals surface area contributed by atoms with Crippen LogP contribution in [0.4, 0.5) is 0 Å². The van der Waals surface area contributed by atoms with Crippen molar-refractivity contribution < 1.29 is 41.3 Å². The number of hydrogen-bond donors (Lipinski definition) is 0. The van der Waals surface area contributed by atoms with Crippen LogP contribution >= 0.6 is 15.6 Å². The Morgan fingerprint density at radius 2 is 0.930 bits per heavy atom. The van der Waals surface area contributed by atoms with Crippen LogP contribution in [0.25, 0.3) is 0 Å². The quantitative estimate of drug-likeness (QED) is 0.0766. The highest BCUT2D eigenvalue weighted by Gasteiger charge is 2.32. The van der Waals surface area contributed by atoms with Crippen molar-refractivity contribution in [1.82, 2.24) is 0 Å². The Kier molecular flexibility index (Phi) is 12.7. The molecule has 244 valence electrons. The summed E-state index contributed by atoms with van der Waals surface area (Å²) in [6.45, 7) is 21.5. The van der Waals surface area contributed by atoms with E-state index in [1.54, 1.807) is 24.3 Å². The van der Waals surface area contributed by atoms with E-state index in [0.717, 1.165) is 24.0 Å². The average molecular weight is 643 g/mol. The zero-order chi connectivity index (χ0) is 32.7. The molecule has 2 aromatic carbocycles. The summed E-state index contributed by atoms with van der Waals surface area (Å²) in [7, 11) is -5.64. The molecule has 11 heteroatoms. The highest BCUT2D eigenvalue weighted by atomic mass is 31.2. The molecule has 0 saturated carbocycles. The van der Waals surface area contributed by atoms with Crippen molar-refractivity contribution in [2.45, 2.75) is 92.9 Å². The molecule has 0 aliphatic carbocycles. The second kappa shape index (κ2) is 14.6. The molecule has 0 amide bonds. The van der Waals surface area contributed by atoms with Crippen LogP contribution in [0.2, 0.25) is 0 Å². The highest BCUT2D eigenvalue weighted by Crippen LogP contribution is 2.51. The number of rotatable bonds is 16. The molecular weight excluding hydrogens is 590 g/mol. The van der Waals surface area contributed by atoms with E-state index in [2.05, 4.69) is 69.2 Å². The Morgan fingerprint density at radius 3 is 1.28 bits per heavy atom. The van der Waals surface area contributed by atoms with E-state index in [0.29, 0.717) is 11.5 Å². The van der Waals surface area contributed by atoms with Gasteiger partial charge in [-0.1, -0.05) is 93.5 Å². The minimum absolute atomic E-state index is 0.0482. The van der Waals surface area contributed by atoms with Gasteiger partial charge in [0.2, 0.25) is 0 Å². The minimum atomic E-state index is -4.10. The first-order valence-electron chi connectivity index (χ1n) is 14.5. The van der Waals surface area contributed by atoms with Gasteiger partial charge in [0.15, 0.2) is 0 Å². The van der Waals surface area contributed by atoms with Crippen molar-refractivity contribution in [2.75, 3.05) is 27.4 Å². The summed E-state index contributed by atoms with van der Waals surface area (Å²) < 4.78 is 57.2. The standard InChI is InChI=1S/C32H52O9P2/c1-29(2,3)23-31(7,8)25-13-17-27(18-14-25)39-42(33,35-11)38-22-21-37-41-43(34,36-12)40-28-19-15-26(16-20-28)32(9,10)24-30(4,5)6/h13-20H,21-24H2,1-12H3. The van der Waals surface area contributed by atoms with Gasteiger partial charge in [0.25, 0.3) is 0 Å². The molecule has 43 heavy (non-hydrogen) atoms. The van der Waals surface area contributed by atoms with E-state index in [9.17, 15) is 9.13 Å². The van der Waals surface area contributed by atoms with Crippen LogP contribution in [0.5, 0.6) is 11.5 Å². The molecule has 2 rings (SSSR count). The molecule has 0 aliphatic heterocycles. The fourth-order valence-corrected chi connectivity index (χ4v) is 7.19. The third kappa shape index (κ3) is 12.7. The lowest BCUT2D eigenvalue weighted by atomic mass is 9.72. The van der Waals surface area contributed by atoms with Crippen molar-refractivity contribution in [1.29, 1.82) is 0 Å². The van der Waals surface area contributed by atoms with Crippen LogP contribution in [0, 0.1) is 10.8 Å². The molecule has 0 heterocycles. The predicted octanol–water partition coefficient (Wildman–Crippen LogP) is 10.0. The maximum atomic E-state index is 13.0. The molecule has 0 aromatic heterocycles. The normalized spacial score (nSPS) is 15.9. The van der Waals surface area contributed by atoms with E-state index < -0.39 is 15.6 Å². The topological polar surface area (TPSA) is 98.8 Å². The molecule has 0 bridgehead atoms. The van der Waals surface area contributed by atoms with Crippen molar-refractivity contribution in [3.63, 3.8) is 0 Å². The van der Waals surface area contributed by atoms with Gasteiger partial charge in [-0.25, -0.2) is 14.0 Å². The average Bonchev–Trinajstić information content (AvgIpc) is 2.86.